The minimum Gasteiger partial charge on any atom is -0.506 e. The summed E-state index contributed by atoms with van der Waals surface area (Å²) in [5.41, 5.74) is 0.257. The highest BCUT2D eigenvalue weighted by atomic mass is 16.3. The SMILES string of the molecule is C[C@H](NC(=O)c1ccc2ccccc2c1O)c1ccco1. The molecule has 1 heterocycles. The van der Waals surface area contributed by atoms with Crippen molar-refractivity contribution < 1.29 is 14.3 Å². The quantitative estimate of drug-likeness (QED) is 0.770. The molecular formula is C17H15NO3. The molecule has 0 aliphatic heterocycles. The average molecular weight is 281 g/mol. The van der Waals surface area contributed by atoms with Crippen molar-refractivity contribution in [2.75, 3.05) is 0 Å². The van der Waals surface area contributed by atoms with Gasteiger partial charge < -0.3 is 14.8 Å². The second-order valence-electron chi connectivity index (χ2n) is 4.89. The second kappa shape index (κ2) is 5.32. The standard InChI is InChI=1S/C17H15NO3/c1-11(15-7-4-10-21-15)18-17(20)14-9-8-12-5-2-3-6-13(12)16(14)19/h2-11,19H,1H3,(H,18,20)/t11-/m0/s1. The van der Waals surface area contributed by atoms with Gasteiger partial charge in [-0.15, -0.1) is 0 Å². The van der Waals surface area contributed by atoms with Gasteiger partial charge in [-0.25, -0.2) is 0 Å². The van der Waals surface area contributed by atoms with Crippen LogP contribution in [0.5, 0.6) is 5.75 Å². The largest absolute Gasteiger partial charge is 0.506 e. The summed E-state index contributed by atoms with van der Waals surface area (Å²) in [5, 5.41) is 14.6. The van der Waals surface area contributed by atoms with Crippen molar-refractivity contribution in [1.29, 1.82) is 0 Å². The first kappa shape index (κ1) is 13.2. The van der Waals surface area contributed by atoms with Crippen molar-refractivity contribution in [2.24, 2.45) is 0 Å². The highest BCUT2D eigenvalue weighted by Gasteiger charge is 2.17. The van der Waals surface area contributed by atoms with E-state index in [2.05, 4.69) is 5.32 Å². The third kappa shape index (κ3) is 2.48. The number of furan rings is 1. The summed E-state index contributed by atoms with van der Waals surface area (Å²) in [6.45, 7) is 1.83. The van der Waals surface area contributed by atoms with Gasteiger partial charge in [0.2, 0.25) is 0 Å². The zero-order valence-corrected chi connectivity index (χ0v) is 11.5. The van der Waals surface area contributed by atoms with Crippen molar-refractivity contribution in [2.45, 2.75) is 13.0 Å². The first-order valence-corrected chi connectivity index (χ1v) is 6.72. The maximum atomic E-state index is 12.3. The Hall–Kier alpha value is -2.75. The lowest BCUT2D eigenvalue weighted by Gasteiger charge is -2.13. The minimum atomic E-state index is -0.331. The van der Waals surface area contributed by atoms with Gasteiger partial charge in [-0.2, -0.15) is 0 Å². The fourth-order valence-electron chi connectivity index (χ4n) is 2.32. The first-order valence-electron chi connectivity index (χ1n) is 6.72. The van der Waals surface area contributed by atoms with Gasteiger partial charge in [0.15, 0.2) is 0 Å². The molecule has 1 atom stereocenters. The van der Waals surface area contributed by atoms with Gasteiger partial charge in [0, 0.05) is 5.39 Å². The number of phenolic OH excluding ortho intramolecular Hbond substituents is 1. The highest BCUT2D eigenvalue weighted by Crippen LogP contribution is 2.28. The topological polar surface area (TPSA) is 62.5 Å². The summed E-state index contributed by atoms with van der Waals surface area (Å²) in [5.74, 6) is 0.336. The van der Waals surface area contributed by atoms with Crippen LogP contribution in [-0.4, -0.2) is 11.0 Å². The number of carbonyl (C=O) groups excluding carboxylic acids is 1. The molecule has 0 radical (unpaired) electrons. The van der Waals surface area contributed by atoms with Crippen molar-refractivity contribution in [3.63, 3.8) is 0 Å². The Kier molecular flexibility index (Phi) is 3.36. The van der Waals surface area contributed by atoms with E-state index in [1.807, 2.05) is 31.2 Å². The van der Waals surface area contributed by atoms with Gasteiger partial charge in [0.05, 0.1) is 17.9 Å². The molecule has 3 aromatic rings. The summed E-state index contributed by atoms with van der Waals surface area (Å²) in [6, 6.07) is 14.1. The van der Waals surface area contributed by atoms with Crippen molar-refractivity contribution in [3.8, 4) is 5.75 Å². The van der Waals surface area contributed by atoms with Gasteiger partial charge >= 0.3 is 0 Å². The number of rotatable bonds is 3. The number of hydrogen-bond donors (Lipinski definition) is 2. The van der Waals surface area contributed by atoms with E-state index in [0.717, 1.165) is 5.39 Å². The maximum absolute atomic E-state index is 12.3. The number of benzene rings is 2. The molecule has 3 rings (SSSR count). The molecule has 21 heavy (non-hydrogen) atoms. The smallest absolute Gasteiger partial charge is 0.255 e. The molecular weight excluding hydrogens is 266 g/mol. The molecule has 0 spiro atoms. The van der Waals surface area contributed by atoms with Crippen molar-refractivity contribution in [1.82, 2.24) is 5.32 Å². The summed E-state index contributed by atoms with van der Waals surface area (Å²) in [7, 11) is 0. The van der Waals surface area contributed by atoms with E-state index >= 15 is 0 Å². The van der Waals surface area contributed by atoms with E-state index in [1.165, 1.54) is 0 Å². The fourth-order valence-corrected chi connectivity index (χ4v) is 2.32. The normalized spacial score (nSPS) is 12.2. The summed E-state index contributed by atoms with van der Waals surface area (Å²) in [6.07, 6.45) is 1.56. The predicted octanol–water partition coefficient (Wildman–Crippen LogP) is 3.63. The molecule has 4 heteroatoms. The van der Waals surface area contributed by atoms with Gasteiger partial charge in [0.1, 0.15) is 11.5 Å². The van der Waals surface area contributed by atoms with E-state index in [1.54, 1.807) is 30.5 Å². The van der Waals surface area contributed by atoms with Gasteiger partial charge in [-0.05, 0) is 30.5 Å². The van der Waals surface area contributed by atoms with E-state index in [-0.39, 0.29) is 23.3 Å². The highest BCUT2D eigenvalue weighted by molar-refractivity contribution is 6.03. The monoisotopic (exact) mass is 281 g/mol. The van der Waals surface area contributed by atoms with Crippen LogP contribution in [0.4, 0.5) is 0 Å². The zero-order valence-electron chi connectivity index (χ0n) is 11.5. The summed E-state index contributed by atoms with van der Waals surface area (Å²) in [4.78, 5) is 12.3. The molecule has 0 aliphatic rings. The number of carbonyl (C=O) groups is 1. The number of phenols is 1. The molecule has 2 aromatic carbocycles. The molecule has 0 saturated heterocycles. The van der Waals surface area contributed by atoms with E-state index in [0.29, 0.717) is 11.1 Å². The van der Waals surface area contributed by atoms with E-state index in [4.69, 9.17) is 4.42 Å². The lowest BCUT2D eigenvalue weighted by Crippen LogP contribution is -2.26. The van der Waals surface area contributed by atoms with Crippen molar-refractivity contribution in [3.05, 3.63) is 66.1 Å². The van der Waals surface area contributed by atoms with Crippen LogP contribution < -0.4 is 5.32 Å². The van der Waals surface area contributed by atoms with Crippen LogP contribution in [0.3, 0.4) is 0 Å². The summed E-state index contributed by atoms with van der Waals surface area (Å²) < 4.78 is 5.26. The van der Waals surface area contributed by atoms with Crippen LogP contribution in [0.15, 0.2) is 59.2 Å². The van der Waals surface area contributed by atoms with Crippen molar-refractivity contribution >= 4 is 16.7 Å². The molecule has 4 nitrogen and oxygen atoms in total. The molecule has 0 saturated carbocycles. The molecule has 0 bridgehead atoms. The molecule has 106 valence electrons. The number of aromatic hydroxyl groups is 1. The number of amides is 1. The van der Waals surface area contributed by atoms with Gasteiger partial charge in [-0.3, -0.25) is 4.79 Å². The van der Waals surface area contributed by atoms with Crippen LogP contribution in [0.25, 0.3) is 10.8 Å². The minimum absolute atomic E-state index is 0.00255. The number of fused-ring (bicyclic) bond motifs is 1. The lowest BCUT2D eigenvalue weighted by atomic mass is 10.0. The Morgan fingerprint density at radius 2 is 1.95 bits per heavy atom. The Morgan fingerprint density at radius 3 is 2.71 bits per heavy atom. The Labute approximate surface area is 122 Å². The molecule has 0 unspecified atom stereocenters. The van der Waals surface area contributed by atoms with Crippen LogP contribution in [-0.2, 0) is 0 Å². The van der Waals surface area contributed by atoms with Crippen LogP contribution in [0.1, 0.15) is 29.1 Å². The average Bonchev–Trinajstić information content (AvgIpc) is 3.02. The second-order valence-corrected chi connectivity index (χ2v) is 4.89. The molecule has 1 amide bonds. The fraction of sp³-hybridized carbons (Fsp3) is 0.118. The first-order chi connectivity index (χ1) is 10.2. The molecule has 2 N–H and O–H groups in total. The molecule has 1 aromatic heterocycles. The summed E-state index contributed by atoms with van der Waals surface area (Å²) >= 11 is 0. The Bertz CT molecular complexity index is 778. The van der Waals surface area contributed by atoms with Gasteiger partial charge in [0.25, 0.3) is 5.91 Å². The Balaban J connectivity index is 1.90. The number of nitrogens with one attached hydrogen (secondary N) is 1. The predicted molar refractivity (Wildman–Crippen MR) is 80.2 cm³/mol. The molecule has 0 aliphatic carbocycles. The third-order valence-electron chi connectivity index (χ3n) is 3.46. The van der Waals surface area contributed by atoms with E-state index < -0.39 is 0 Å². The van der Waals surface area contributed by atoms with Gasteiger partial charge in [-0.1, -0.05) is 30.3 Å². The maximum Gasteiger partial charge on any atom is 0.255 e. The zero-order chi connectivity index (χ0) is 14.8. The van der Waals surface area contributed by atoms with Crippen LogP contribution >= 0.6 is 0 Å². The third-order valence-corrected chi connectivity index (χ3v) is 3.46. The van der Waals surface area contributed by atoms with E-state index in [9.17, 15) is 9.90 Å². The van der Waals surface area contributed by atoms with Crippen LogP contribution in [0.2, 0.25) is 0 Å². The van der Waals surface area contributed by atoms with Crippen LogP contribution in [0, 0.1) is 0 Å². The Morgan fingerprint density at radius 1 is 1.14 bits per heavy atom. The lowest BCUT2D eigenvalue weighted by molar-refractivity contribution is 0.0933. The molecule has 0 fully saturated rings. The number of hydrogen-bond acceptors (Lipinski definition) is 3.